The molecule has 0 aliphatic rings. The number of fused-ring (bicyclic) bond motifs is 3. The lowest BCUT2D eigenvalue weighted by atomic mass is 9.99. The average Bonchev–Trinajstić information content (AvgIpc) is 3.55. The third kappa shape index (κ3) is 3.83. The number of nitrogens with zero attached hydrogens (tertiary/aromatic N) is 6. The van der Waals surface area contributed by atoms with E-state index >= 15 is 0 Å². The molecule has 4 heterocycles. The first-order valence-electron chi connectivity index (χ1n) is 12.7. The fourth-order valence-corrected chi connectivity index (χ4v) is 5.13. The number of pyridine rings is 1. The van der Waals surface area contributed by atoms with Crippen LogP contribution in [0, 0.1) is 6.92 Å². The SMILES string of the molecule is CNc1nc2ccc(-c3nn(Cc4cc5ccccc5nc4-c4ccccc4C)c4ncnc(N)c34)cc2[nH]1. The van der Waals surface area contributed by atoms with Crippen molar-refractivity contribution < 1.29 is 0 Å². The number of aromatic nitrogens is 7. The van der Waals surface area contributed by atoms with Gasteiger partial charge in [-0.2, -0.15) is 5.10 Å². The largest absolute Gasteiger partial charge is 0.383 e. The zero-order valence-corrected chi connectivity index (χ0v) is 21.5. The van der Waals surface area contributed by atoms with E-state index in [1.54, 1.807) is 0 Å². The average molecular weight is 512 g/mol. The van der Waals surface area contributed by atoms with Crippen molar-refractivity contribution in [1.29, 1.82) is 0 Å². The fraction of sp³-hybridized carbons (Fsp3) is 0.100. The van der Waals surface area contributed by atoms with Crippen LogP contribution in [0.1, 0.15) is 11.1 Å². The Balaban J connectivity index is 1.42. The molecular weight excluding hydrogens is 486 g/mol. The highest BCUT2D eigenvalue weighted by atomic mass is 15.3. The monoisotopic (exact) mass is 511 g/mol. The number of nitrogen functional groups attached to an aromatic ring is 1. The predicted molar refractivity (Wildman–Crippen MR) is 155 cm³/mol. The summed E-state index contributed by atoms with van der Waals surface area (Å²) < 4.78 is 1.90. The summed E-state index contributed by atoms with van der Waals surface area (Å²) in [5.41, 5.74) is 15.6. The molecule has 9 heteroatoms. The summed E-state index contributed by atoms with van der Waals surface area (Å²) in [6.45, 7) is 2.57. The number of hydrogen-bond acceptors (Lipinski definition) is 7. The summed E-state index contributed by atoms with van der Waals surface area (Å²) in [5.74, 6) is 1.09. The molecule has 0 bridgehead atoms. The van der Waals surface area contributed by atoms with Gasteiger partial charge in [0.05, 0.1) is 34.2 Å². The second kappa shape index (κ2) is 8.91. The first kappa shape index (κ1) is 22.9. The first-order chi connectivity index (χ1) is 19.1. The molecule has 3 aromatic carbocycles. The summed E-state index contributed by atoms with van der Waals surface area (Å²) in [6, 6.07) is 24.7. The molecule has 0 unspecified atom stereocenters. The van der Waals surface area contributed by atoms with Crippen molar-refractivity contribution >= 4 is 44.7 Å². The second-order valence-corrected chi connectivity index (χ2v) is 9.53. The minimum Gasteiger partial charge on any atom is -0.383 e. The van der Waals surface area contributed by atoms with E-state index in [-0.39, 0.29) is 0 Å². The quantitative estimate of drug-likeness (QED) is 0.276. The van der Waals surface area contributed by atoms with Crippen LogP contribution in [0.5, 0.6) is 0 Å². The van der Waals surface area contributed by atoms with Crippen molar-refractivity contribution in [2.75, 3.05) is 18.1 Å². The Bertz CT molecular complexity index is 2020. The number of hydrogen-bond donors (Lipinski definition) is 3. The molecule has 0 amide bonds. The van der Waals surface area contributed by atoms with E-state index in [1.165, 1.54) is 6.33 Å². The highest BCUT2D eigenvalue weighted by Gasteiger charge is 2.20. The summed E-state index contributed by atoms with van der Waals surface area (Å²) >= 11 is 0. The maximum absolute atomic E-state index is 6.41. The molecule has 0 aliphatic carbocycles. The van der Waals surface area contributed by atoms with Crippen molar-refractivity contribution in [3.05, 3.63) is 90.3 Å². The van der Waals surface area contributed by atoms with Crippen LogP contribution >= 0.6 is 0 Å². The Hall–Kier alpha value is -5.31. The van der Waals surface area contributed by atoms with Crippen LogP contribution in [0.4, 0.5) is 11.8 Å². The number of imidazole rings is 1. The van der Waals surface area contributed by atoms with E-state index in [0.29, 0.717) is 24.0 Å². The molecule has 7 rings (SSSR count). The molecule has 4 N–H and O–H groups in total. The Morgan fingerprint density at radius 2 is 1.74 bits per heavy atom. The Morgan fingerprint density at radius 1 is 0.897 bits per heavy atom. The maximum atomic E-state index is 6.41. The van der Waals surface area contributed by atoms with Crippen LogP contribution in [0.25, 0.3) is 55.5 Å². The highest BCUT2D eigenvalue weighted by molar-refractivity contribution is 5.99. The molecule has 0 aliphatic heterocycles. The molecule has 39 heavy (non-hydrogen) atoms. The molecule has 4 aromatic heterocycles. The lowest BCUT2D eigenvalue weighted by molar-refractivity contribution is 0.706. The molecule has 190 valence electrons. The Labute approximate surface area is 223 Å². The normalized spacial score (nSPS) is 11.5. The summed E-state index contributed by atoms with van der Waals surface area (Å²) in [6.07, 6.45) is 1.48. The number of benzene rings is 3. The lowest BCUT2D eigenvalue weighted by Crippen LogP contribution is -2.06. The molecular formula is C30H25N9. The number of nitrogens with two attached hydrogens (primary N) is 1. The van der Waals surface area contributed by atoms with E-state index in [4.69, 9.17) is 15.8 Å². The van der Waals surface area contributed by atoms with E-state index < -0.39 is 0 Å². The van der Waals surface area contributed by atoms with Gasteiger partial charge in [-0.1, -0.05) is 48.5 Å². The third-order valence-electron chi connectivity index (χ3n) is 7.07. The number of aromatic amines is 1. The minimum atomic E-state index is 0.387. The van der Waals surface area contributed by atoms with Gasteiger partial charge in [-0.15, -0.1) is 0 Å². The minimum absolute atomic E-state index is 0.387. The van der Waals surface area contributed by atoms with Gasteiger partial charge >= 0.3 is 0 Å². The zero-order chi connectivity index (χ0) is 26.5. The maximum Gasteiger partial charge on any atom is 0.200 e. The topological polar surface area (TPSA) is 123 Å². The van der Waals surface area contributed by atoms with E-state index in [9.17, 15) is 0 Å². The molecule has 0 atom stereocenters. The number of rotatable bonds is 5. The number of aryl methyl sites for hydroxylation is 1. The number of para-hydroxylation sites is 1. The standard InChI is InChI=1S/C30H25N9/c1-17-7-3-5-9-21(17)26-20(13-18-8-4-6-10-22(18)35-26)15-39-29-25(28(31)33-16-34-29)27(38-39)19-11-12-23-24(14-19)37-30(32-2)36-23/h3-14,16H,15H2,1-2H3,(H2,31,33,34)(H2,32,36,37). The van der Waals surface area contributed by atoms with Crippen LogP contribution in [-0.2, 0) is 6.54 Å². The van der Waals surface area contributed by atoms with Crippen LogP contribution in [0.15, 0.2) is 79.1 Å². The molecule has 0 radical (unpaired) electrons. The molecule has 0 saturated carbocycles. The number of anilines is 2. The Kier molecular flexibility index (Phi) is 5.22. The Morgan fingerprint density at radius 3 is 2.62 bits per heavy atom. The van der Waals surface area contributed by atoms with Gasteiger partial charge in [0.2, 0.25) is 5.95 Å². The van der Waals surface area contributed by atoms with Crippen LogP contribution in [-0.4, -0.2) is 41.7 Å². The fourth-order valence-electron chi connectivity index (χ4n) is 5.13. The van der Waals surface area contributed by atoms with Gasteiger partial charge in [0.15, 0.2) is 5.65 Å². The van der Waals surface area contributed by atoms with Crippen molar-refractivity contribution in [2.45, 2.75) is 13.5 Å². The summed E-state index contributed by atoms with van der Waals surface area (Å²) in [4.78, 5) is 21.8. The lowest BCUT2D eigenvalue weighted by Gasteiger charge is -2.13. The number of nitrogens with one attached hydrogen (secondary N) is 2. The molecule has 0 saturated heterocycles. The first-order valence-corrected chi connectivity index (χ1v) is 12.7. The van der Waals surface area contributed by atoms with Gasteiger partial charge in [-0.05, 0) is 36.8 Å². The van der Waals surface area contributed by atoms with Crippen molar-refractivity contribution in [1.82, 2.24) is 34.7 Å². The van der Waals surface area contributed by atoms with Gasteiger partial charge in [0, 0.05) is 29.1 Å². The third-order valence-corrected chi connectivity index (χ3v) is 7.07. The highest BCUT2D eigenvalue weighted by Crippen LogP contribution is 2.34. The number of H-pyrrole nitrogens is 1. The van der Waals surface area contributed by atoms with E-state index in [2.05, 4.69) is 56.4 Å². The van der Waals surface area contributed by atoms with E-state index in [1.807, 2.05) is 60.3 Å². The van der Waals surface area contributed by atoms with E-state index in [0.717, 1.165) is 61.0 Å². The van der Waals surface area contributed by atoms with Gasteiger partial charge in [-0.3, -0.25) is 0 Å². The second-order valence-electron chi connectivity index (χ2n) is 9.53. The van der Waals surface area contributed by atoms with Gasteiger partial charge < -0.3 is 16.0 Å². The predicted octanol–water partition coefficient (Wildman–Crippen LogP) is 5.57. The van der Waals surface area contributed by atoms with Gasteiger partial charge in [0.1, 0.15) is 17.8 Å². The zero-order valence-electron chi connectivity index (χ0n) is 21.5. The molecule has 9 nitrogen and oxygen atoms in total. The van der Waals surface area contributed by atoms with Gasteiger partial charge in [0.25, 0.3) is 0 Å². The van der Waals surface area contributed by atoms with Crippen molar-refractivity contribution in [2.24, 2.45) is 0 Å². The van der Waals surface area contributed by atoms with Crippen molar-refractivity contribution in [3.63, 3.8) is 0 Å². The van der Waals surface area contributed by atoms with Crippen molar-refractivity contribution in [3.8, 4) is 22.5 Å². The van der Waals surface area contributed by atoms with Gasteiger partial charge in [-0.25, -0.2) is 24.6 Å². The summed E-state index contributed by atoms with van der Waals surface area (Å²) in [5, 5.41) is 9.88. The smallest absolute Gasteiger partial charge is 0.200 e. The van der Waals surface area contributed by atoms with Crippen LogP contribution in [0.3, 0.4) is 0 Å². The molecule has 0 fully saturated rings. The molecule has 7 aromatic rings. The summed E-state index contributed by atoms with van der Waals surface area (Å²) in [7, 11) is 1.83. The van der Waals surface area contributed by atoms with Crippen LogP contribution < -0.4 is 11.1 Å². The molecule has 0 spiro atoms. The van der Waals surface area contributed by atoms with Crippen LogP contribution in [0.2, 0.25) is 0 Å².